The molecule has 1 saturated heterocycles. The van der Waals surface area contributed by atoms with E-state index in [9.17, 15) is 9.50 Å². The predicted molar refractivity (Wildman–Crippen MR) is 109 cm³/mol. The Kier molecular flexibility index (Phi) is 8.32. The number of rotatable bonds is 12. The number of aliphatic hydroxyl groups is 1. The van der Waals surface area contributed by atoms with Gasteiger partial charge in [-0.1, -0.05) is 39.5 Å². The number of aromatic nitrogens is 4. The topological polar surface area (TPSA) is 118 Å². The summed E-state index contributed by atoms with van der Waals surface area (Å²) in [5, 5.41) is 11.0. The first-order valence-electron chi connectivity index (χ1n) is 10.7. The molecule has 0 aliphatic carbocycles. The molecule has 10 heteroatoms. The van der Waals surface area contributed by atoms with Crippen molar-refractivity contribution in [2.75, 3.05) is 25.6 Å². The molecule has 2 aromatic rings. The van der Waals surface area contributed by atoms with Gasteiger partial charge in [0.2, 0.25) is 0 Å². The Bertz CT molecular complexity index is 805. The predicted octanol–water partition coefficient (Wildman–Crippen LogP) is 2.59. The lowest BCUT2D eigenvalue weighted by atomic mass is 10.1. The summed E-state index contributed by atoms with van der Waals surface area (Å²) in [5.74, 6) is -0.0630. The van der Waals surface area contributed by atoms with Crippen LogP contribution in [-0.4, -0.2) is 62.8 Å². The smallest absolute Gasteiger partial charge is 0.312 e. The van der Waals surface area contributed by atoms with Crippen molar-refractivity contribution in [3.8, 4) is 0 Å². The number of hydrogen-bond donors (Lipinski definition) is 2. The number of nitrogens with two attached hydrogens (primary N) is 1. The van der Waals surface area contributed by atoms with E-state index in [1.807, 2.05) is 0 Å². The third-order valence-electron chi connectivity index (χ3n) is 5.24. The summed E-state index contributed by atoms with van der Waals surface area (Å²) in [6, 6.07) is 0. The molecule has 30 heavy (non-hydrogen) atoms. The molecule has 0 bridgehead atoms. The van der Waals surface area contributed by atoms with Gasteiger partial charge in [0.15, 0.2) is 23.2 Å². The molecule has 0 spiro atoms. The standard InChI is InChI=1S/C20H32FN5O4/c1-3-5-7-9-28-11-13-16(29-10-8-6-4-2)15(27)19(30-13)26-12-23-14-17(22)24-20(21)25-18(14)26/h12-13,15-16,19,27H,3-11H2,1-2H3,(H2,22,24,25)/t13-,15-,16-,19-/m1/s1. The van der Waals surface area contributed by atoms with Gasteiger partial charge in [0.05, 0.1) is 12.9 Å². The summed E-state index contributed by atoms with van der Waals surface area (Å²) in [7, 11) is 0. The van der Waals surface area contributed by atoms with E-state index >= 15 is 0 Å². The third-order valence-corrected chi connectivity index (χ3v) is 5.24. The largest absolute Gasteiger partial charge is 0.386 e. The first-order valence-corrected chi connectivity index (χ1v) is 10.7. The fourth-order valence-electron chi connectivity index (χ4n) is 3.61. The van der Waals surface area contributed by atoms with Crippen molar-refractivity contribution >= 4 is 17.0 Å². The van der Waals surface area contributed by atoms with Gasteiger partial charge in [-0.05, 0) is 12.8 Å². The lowest BCUT2D eigenvalue weighted by molar-refractivity contribution is -0.0765. The van der Waals surface area contributed by atoms with Crippen LogP contribution in [0.3, 0.4) is 0 Å². The highest BCUT2D eigenvalue weighted by Crippen LogP contribution is 2.34. The van der Waals surface area contributed by atoms with E-state index in [0.717, 1.165) is 38.5 Å². The van der Waals surface area contributed by atoms with Gasteiger partial charge in [-0.3, -0.25) is 4.57 Å². The first kappa shape index (κ1) is 22.8. The van der Waals surface area contributed by atoms with Gasteiger partial charge in [0, 0.05) is 13.2 Å². The lowest BCUT2D eigenvalue weighted by Crippen LogP contribution is -2.37. The summed E-state index contributed by atoms with van der Waals surface area (Å²) in [6.07, 6.45) is 3.80. The zero-order valence-corrected chi connectivity index (χ0v) is 17.7. The van der Waals surface area contributed by atoms with Gasteiger partial charge in [-0.2, -0.15) is 14.4 Å². The van der Waals surface area contributed by atoms with Crippen molar-refractivity contribution in [1.82, 2.24) is 19.5 Å². The molecule has 3 rings (SSSR count). The van der Waals surface area contributed by atoms with E-state index in [-0.39, 0.29) is 17.0 Å². The summed E-state index contributed by atoms with van der Waals surface area (Å²) >= 11 is 0. The van der Waals surface area contributed by atoms with Crippen LogP contribution >= 0.6 is 0 Å². The van der Waals surface area contributed by atoms with Crippen molar-refractivity contribution in [1.29, 1.82) is 0 Å². The average molecular weight is 426 g/mol. The first-order chi connectivity index (χ1) is 14.6. The molecule has 1 aliphatic rings. The number of fused-ring (bicyclic) bond motifs is 1. The quantitative estimate of drug-likeness (QED) is 0.394. The molecule has 0 radical (unpaired) electrons. The van der Waals surface area contributed by atoms with Gasteiger partial charge in [-0.15, -0.1) is 0 Å². The number of ether oxygens (including phenoxy) is 3. The van der Waals surface area contributed by atoms with E-state index < -0.39 is 30.6 Å². The minimum absolute atomic E-state index is 0.0630. The van der Waals surface area contributed by atoms with Gasteiger partial charge in [0.25, 0.3) is 0 Å². The second kappa shape index (κ2) is 10.9. The Hall–Kier alpha value is -1.88. The van der Waals surface area contributed by atoms with E-state index in [0.29, 0.717) is 19.8 Å². The monoisotopic (exact) mass is 425 g/mol. The minimum atomic E-state index is -0.993. The lowest BCUT2D eigenvalue weighted by Gasteiger charge is -2.21. The van der Waals surface area contributed by atoms with Crippen LogP contribution in [0.15, 0.2) is 6.33 Å². The number of hydrogen-bond acceptors (Lipinski definition) is 8. The number of nitrogen functional groups attached to an aromatic ring is 1. The van der Waals surface area contributed by atoms with Crippen molar-refractivity contribution in [2.45, 2.75) is 76.9 Å². The molecular weight excluding hydrogens is 393 g/mol. The molecular formula is C20H32FN5O4. The Morgan fingerprint density at radius 2 is 1.90 bits per heavy atom. The molecule has 1 aliphatic heterocycles. The fourth-order valence-corrected chi connectivity index (χ4v) is 3.61. The van der Waals surface area contributed by atoms with E-state index in [2.05, 4.69) is 28.8 Å². The van der Waals surface area contributed by atoms with Crippen molar-refractivity contribution < 1.29 is 23.7 Å². The second-order valence-electron chi connectivity index (χ2n) is 7.58. The van der Waals surface area contributed by atoms with Crippen LogP contribution < -0.4 is 5.73 Å². The molecule has 9 nitrogen and oxygen atoms in total. The second-order valence-corrected chi connectivity index (χ2v) is 7.58. The van der Waals surface area contributed by atoms with E-state index in [1.54, 1.807) is 0 Å². The summed E-state index contributed by atoms with van der Waals surface area (Å²) in [4.78, 5) is 11.4. The maximum Gasteiger partial charge on any atom is 0.312 e. The van der Waals surface area contributed by atoms with Crippen molar-refractivity contribution in [2.24, 2.45) is 0 Å². The molecule has 0 unspecified atom stereocenters. The number of anilines is 1. The number of halogens is 1. The zero-order valence-electron chi connectivity index (χ0n) is 17.7. The molecule has 168 valence electrons. The number of aliphatic hydroxyl groups excluding tert-OH is 1. The third kappa shape index (κ3) is 5.23. The van der Waals surface area contributed by atoms with Crippen LogP contribution in [0.25, 0.3) is 11.2 Å². The van der Waals surface area contributed by atoms with Crippen LogP contribution in [0.4, 0.5) is 10.2 Å². The summed E-state index contributed by atoms with van der Waals surface area (Å²) in [5.41, 5.74) is 6.16. The number of imidazole rings is 1. The maximum atomic E-state index is 13.7. The molecule has 2 aromatic heterocycles. The van der Waals surface area contributed by atoms with E-state index in [4.69, 9.17) is 19.9 Å². The van der Waals surface area contributed by atoms with Crippen LogP contribution in [0, 0.1) is 6.08 Å². The highest BCUT2D eigenvalue weighted by atomic mass is 19.1. The molecule has 3 N–H and O–H groups in total. The molecule has 0 amide bonds. The zero-order chi connectivity index (χ0) is 21.5. The Labute approximate surface area is 175 Å². The Morgan fingerprint density at radius 1 is 1.17 bits per heavy atom. The summed E-state index contributed by atoms with van der Waals surface area (Å²) < 4.78 is 33.0. The van der Waals surface area contributed by atoms with Crippen molar-refractivity contribution in [3.05, 3.63) is 12.4 Å². The Balaban J connectivity index is 1.75. The van der Waals surface area contributed by atoms with E-state index in [1.165, 1.54) is 10.9 Å². The van der Waals surface area contributed by atoms with Gasteiger partial charge < -0.3 is 25.1 Å². The van der Waals surface area contributed by atoms with Gasteiger partial charge >= 0.3 is 6.08 Å². The van der Waals surface area contributed by atoms with Crippen LogP contribution in [0.2, 0.25) is 0 Å². The van der Waals surface area contributed by atoms with Crippen LogP contribution in [0.5, 0.6) is 0 Å². The molecule has 0 aromatic carbocycles. The number of nitrogens with zero attached hydrogens (tertiary/aromatic N) is 4. The molecule has 3 heterocycles. The molecule has 4 atom stereocenters. The van der Waals surface area contributed by atoms with Gasteiger partial charge in [-0.25, -0.2) is 4.98 Å². The normalized spacial score (nSPS) is 24.1. The number of unbranched alkanes of at least 4 members (excludes halogenated alkanes) is 4. The van der Waals surface area contributed by atoms with Crippen LogP contribution in [-0.2, 0) is 14.2 Å². The average Bonchev–Trinajstić information content (AvgIpc) is 3.26. The SMILES string of the molecule is CCCCCOC[C@H]1O[C@@H](n2cnc3c(N)nc(F)nc32)[C@H](O)[C@@H]1OCCCCC. The van der Waals surface area contributed by atoms with Crippen LogP contribution in [0.1, 0.15) is 58.6 Å². The van der Waals surface area contributed by atoms with Gasteiger partial charge in [0.1, 0.15) is 18.3 Å². The maximum absolute atomic E-state index is 13.7. The highest BCUT2D eigenvalue weighted by molar-refractivity contribution is 5.81. The molecule has 1 fully saturated rings. The summed E-state index contributed by atoms with van der Waals surface area (Å²) in [6.45, 7) is 5.70. The minimum Gasteiger partial charge on any atom is -0.386 e. The molecule has 0 saturated carbocycles. The highest BCUT2D eigenvalue weighted by Gasteiger charge is 2.46. The Morgan fingerprint density at radius 3 is 2.63 bits per heavy atom. The fraction of sp³-hybridized carbons (Fsp3) is 0.750. The van der Waals surface area contributed by atoms with Crippen molar-refractivity contribution in [3.63, 3.8) is 0 Å².